The van der Waals surface area contributed by atoms with Crippen molar-refractivity contribution in [3.8, 4) is 6.07 Å². The lowest BCUT2D eigenvalue weighted by Crippen LogP contribution is -2.19. The SMILES string of the molecule is CCC(C)CC(C)Nc1cccnc1C#N. The van der Waals surface area contributed by atoms with Crippen molar-refractivity contribution >= 4 is 5.69 Å². The highest BCUT2D eigenvalue weighted by molar-refractivity contribution is 5.53. The minimum atomic E-state index is 0.367. The summed E-state index contributed by atoms with van der Waals surface area (Å²) in [6, 6.07) is 6.21. The first-order valence-electron chi connectivity index (χ1n) is 5.79. The average molecular weight is 217 g/mol. The fraction of sp³-hybridized carbons (Fsp3) is 0.538. The summed E-state index contributed by atoms with van der Waals surface area (Å²) in [4.78, 5) is 4.03. The van der Waals surface area contributed by atoms with Gasteiger partial charge in [-0.2, -0.15) is 5.26 Å². The van der Waals surface area contributed by atoms with E-state index in [1.807, 2.05) is 12.1 Å². The highest BCUT2D eigenvalue weighted by Gasteiger charge is 2.09. The minimum Gasteiger partial charge on any atom is -0.380 e. The Balaban J connectivity index is 2.63. The molecule has 2 unspecified atom stereocenters. The zero-order chi connectivity index (χ0) is 12.0. The molecule has 0 amide bonds. The quantitative estimate of drug-likeness (QED) is 0.824. The predicted molar refractivity (Wildman–Crippen MR) is 66.1 cm³/mol. The summed E-state index contributed by atoms with van der Waals surface area (Å²) < 4.78 is 0. The van der Waals surface area contributed by atoms with Crippen LogP contribution >= 0.6 is 0 Å². The van der Waals surface area contributed by atoms with Crippen LogP contribution in [0, 0.1) is 17.2 Å². The van der Waals surface area contributed by atoms with Gasteiger partial charge in [0.15, 0.2) is 5.69 Å². The molecule has 16 heavy (non-hydrogen) atoms. The van der Waals surface area contributed by atoms with Crippen LogP contribution < -0.4 is 5.32 Å². The van der Waals surface area contributed by atoms with Crippen molar-refractivity contribution in [1.29, 1.82) is 5.26 Å². The maximum Gasteiger partial charge on any atom is 0.163 e. The third-order valence-corrected chi connectivity index (χ3v) is 2.77. The van der Waals surface area contributed by atoms with Crippen LogP contribution in [0.4, 0.5) is 5.69 Å². The summed E-state index contributed by atoms with van der Waals surface area (Å²) >= 11 is 0. The van der Waals surface area contributed by atoms with Gasteiger partial charge in [-0.05, 0) is 31.4 Å². The third kappa shape index (κ3) is 3.54. The van der Waals surface area contributed by atoms with Crippen LogP contribution in [-0.2, 0) is 0 Å². The number of aromatic nitrogens is 1. The van der Waals surface area contributed by atoms with Crippen LogP contribution in [0.25, 0.3) is 0 Å². The molecule has 0 spiro atoms. The first-order valence-corrected chi connectivity index (χ1v) is 5.79. The maximum atomic E-state index is 8.91. The number of pyridine rings is 1. The molecule has 0 fully saturated rings. The number of nitriles is 1. The highest BCUT2D eigenvalue weighted by Crippen LogP contribution is 2.16. The number of rotatable bonds is 5. The van der Waals surface area contributed by atoms with E-state index in [9.17, 15) is 0 Å². The number of hydrogen-bond donors (Lipinski definition) is 1. The molecule has 0 bridgehead atoms. The molecular weight excluding hydrogens is 198 g/mol. The van der Waals surface area contributed by atoms with Gasteiger partial charge in [0.2, 0.25) is 0 Å². The van der Waals surface area contributed by atoms with Crippen LogP contribution in [0.1, 0.15) is 39.3 Å². The molecule has 2 atom stereocenters. The normalized spacial score (nSPS) is 13.9. The lowest BCUT2D eigenvalue weighted by molar-refractivity contribution is 0.483. The van der Waals surface area contributed by atoms with E-state index in [0.29, 0.717) is 17.7 Å². The Kier molecular flexibility index (Phi) is 4.78. The molecule has 0 aliphatic rings. The minimum absolute atomic E-state index is 0.367. The summed E-state index contributed by atoms with van der Waals surface area (Å²) in [5.74, 6) is 0.699. The van der Waals surface area contributed by atoms with Gasteiger partial charge in [-0.1, -0.05) is 20.3 Å². The fourth-order valence-corrected chi connectivity index (χ4v) is 1.71. The second kappa shape index (κ2) is 6.12. The molecule has 0 saturated heterocycles. The molecule has 3 heteroatoms. The van der Waals surface area contributed by atoms with Crippen molar-refractivity contribution in [2.75, 3.05) is 5.32 Å². The number of anilines is 1. The smallest absolute Gasteiger partial charge is 0.163 e. The first kappa shape index (κ1) is 12.5. The fourth-order valence-electron chi connectivity index (χ4n) is 1.71. The van der Waals surface area contributed by atoms with Crippen LogP contribution in [-0.4, -0.2) is 11.0 Å². The standard InChI is InChI=1S/C13H19N3/c1-4-10(2)8-11(3)16-12-6-5-7-15-13(12)9-14/h5-7,10-11,16H,4,8H2,1-3H3. The molecule has 1 rings (SSSR count). The highest BCUT2D eigenvalue weighted by atomic mass is 14.9. The van der Waals surface area contributed by atoms with Gasteiger partial charge < -0.3 is 5.32 Å². The Morgan fingerprint density at radius 3 is 2.88 bits per heavy atom. The first-order chi connectivity index (χ1) is 7.67. The summed E-state index contributed by atoms with van der Waals surface area (Å²) in [6.45, 7) is 6.58. The molecule has 1 N–H and O–H groups in total. The van der Waals surface area contributed by atoms with Crippen molar-refractivity contribution in [3.05, 3.63) is 24.0 Å². The third-order valence-electron chi connectivity index (χ3n) is 2.77. The Morgan fingerprint density at radius 2 is 2.25 bits per heavy atom. The van der Waals surface area contributed by atoms with E-state index in [1.165, 1.54) is 6.42 Å². The van der Waals surface area contributed by atoms with Gasteiger partial charge in [-0.25, -0.2) is 4.98 Å². The average Bonchev–Trinajstić information content (AvgIpc) is 2.29. The molecule has 3 nitrogen and oxygen atoms in total. The van der Waals surface area contributed by atoms with Gasteiger partial charge in [-0.15, -0.1) is 0 Å². The van der Waals surface area contributed by atoms with Gasteiger partial charge in [-0.3, -0.25) is 0 Å². The van der Waals surface area contributed by atoms with Crippen LogP contribution in [0.15, 0.2) is 18.3 Å². The van der Waals surface area contributed by atoms with E-state index in [0.717, 1.165) is 12.1 Å². The Labute approximate surface area is 97.5 Å². The zero-order valence-electron chi connectivity index (χ0n) is 10.2. The zero-order valence-corrected chi connectivity index (χ0v) is 10.2. The van der Waals surface area contributed by atoms with E-state index in [1.54, 1.807) is 6.20 Å². The summed E-state index contributed by atoms with van der Waals surface area (Å²) in [5, 5.41) is 12.2. The topological polar surface area (TPSA) is 48.7 Å². The van der Waals surface area contributed by atoms with Gasteiger partial charge in [0.1, 0.15) is 6.07 Å². The molecule has 1 heterocycles. The van der Waals surface area contributed by atoms with Gasteiger partial charge in [0, 0.05) is 12.2 Å². The molecule has 0 aliphatic heterocycles. The lowest BCUT2D eigenvalue weighted by Gasteiger charge is -2.18. The maximum absolute atomic E-state index is 8.91. The van der Waals surface area contributed by atoms with E-state index in [2.05, 4.69) is 37.1 Å². The lowest BCUT2D eigenvalue weighted by atomic mass is 10.0. The summed E-state index contributed by atoms with van der Waals surface area (Å²) in [6.07, 6.45) is 3.93. The van der Waals surface area contributed by atoms with Crippen LogP contribution in [0.3, 0.4) is 0 Å². The Bertz CT molecular complexity index is 368. The number of nitrogens with zero attached hydrogens (tertiary/aromatic N) is 2. The number of hydrogen-bond acceptors (Lipinski definition) is 3. The predicted octanol–water partition coefficient (Wildman–Crippen LogP) is 3.19. The van der Waals surface area contributed by atoms with E-state index in [-0.39, 0.29) is 0 Å². The van der Waals surface area contributed by atoms with Crippen LogP contribution in [0.2, 0.25) is 0 Å². The van der Waals surface area contributed by atoms with Crippen molar-refractivity contribution in [2.45, 2.75) is 39.7 Å². The van der Waals surface area contributed by atoms with E-state index >= 15 is 0 Å². The molecule has 0 radical (unpaired) electrons. The molecule has 1 aromatic rings. The van der Waals surface area contributed by atoms with Crippen molar-refractivity contribution < 1.29 is 0 Å². The van der Waals surface area contributed by atoms with E-state index < -0.39 is 0 Å². The van der Waals surface area contributed by atoms with Crippen molar-refractivity contribution in [1.82, 2.24) is 4.98 Å². The van der Waals surface area contributed by atoms with Crippen LogP contribution in [0.5, 0.6) is 0 Å². The summed E-state index contributed by atoms with van der Waals surface area (Å²) in [7, 11) is 0. The van der Waals surface area contributed by atoms with Gasteiger partial charge in [0.05, 0.1) is 5.69 Å². The van der Waals surface area contributed by atoms with Gasteiger partial charge in [0.25, 0.3) is 0 Å². The molecule has 0 aromatic carbocycles. The molecule has 0 saturated carbocycles. The molecule has 0 aliphatic carbocycles. The Morgan fingerprint density at radius 1 is 1.50 bits per heavy atom. The second-order valence-corrected chi connectivity index (χ2v) is 4.31. The summed E-state index contributed by atoms with van der Waals surface area (Å²) in [5.41, 5.74) is 1.30. The van der Waals surface area contributed by atoms with Gasteiger partial charge >= 0.3 is 0 Å². The molecule has 86 valence electrons. The van der Waals surface area contributed by atoms with E-state index in [4.69, 9.17) is 5.26 Å². The monoisotopic (exact) mass is 217 g/mol. The van der Waals surface area contributed by atoms with Crippen molar-refractivity contribution in [2.24, 2.45) is 5.92 Å². The molecule has 1 aromatic heterocycles. The largest absolute Gasteiger partial charge is 0.380 e. The molecular formula is C13H19N3. The second-order valence-electron chi connectivity index (χ2n) is 4.31. The van der Waals surface area contributed by atoms with Crippen molar-refractivity contribution in [3.63, 3.8) is 0 Å². The number of nitrogens with one attached hydrogen (secondary N) is 1. The Hall–Kier alpha value is -1.56.